The van der Waals surface area contributed by atoms with Crippen LogP contribution in [0.1, 0.15) is 15.9 Å². The van der Waals surface area contributed by atoms with Crippen LogP contribution in [0.2, 0.25) is 0 Å². The fourth-order valence-corrected chi connectivity index (χ4v) is 2.93. The molecule has 0 spiro atoms. The van der Waals surface area contributed by atoms with Crippen molar-refractivity contribution in [2.45, 2.75) is 11.6 Å². The molecule has 2 N–H and O–H groups in total. The molecule has 0 fully saturated rings. The number of benzene rings is 2. The van der Waals surface area contributed by atoms with Gasteiger partial charge in [0.25, 0.3) is 5.91 Å². The molecule has 3 rings (SSSR count). The number of aromatic nitrogens is 2. The number of halogens is 2. The SMILES string of the molecule is O=C(CSc1ccc(NC(=O)c2ccccc2F)nn1)NCc1ccc(F)cc1. The highest BCUT2D eigenvalue weighted by Crippen LogP contribution is 2.16. The maximum absolute atomic E-state index is 13.6. The first-order valence-electron chi connectivity index (χ1n) is 8.55. The molecule has 0 bridgehead atoms. The van der Waals surface area contributed by atoms with E-state index in [1.807, 2.05) is 0 Å². The summed E-state index contributed by atoms with van der Waals surface area (Å²) >= 11 is 1.17. The Balaban J connectivity index is 1.46. The minimum Gasteiger partial charge on any atom is -0.351 e. The topological polar surface area (TPSA) is 84.0 Å². The van der Waals surface area contributed by atoms with Crippen LogP contribution < -0.4 is 10.6 Å². The Labute approximate surface area is 169 Å². The third kappa shape index (κ3) is 6.08. The number of rotatable bonds is 7. The number of anilines is 1. The predicted octanol–water partition coefficient (Wildman–Crippen LogP) is 3.42. The highest BCUT2D eigenvalue weighted by Gasteiger charge is 2.12. The first-order chi connectivity index (χ1) is 14.0. The van der Waals surface area contributed by atoms with Crippen LogP contribution in [0.15, 0.2) is 65.7 Å². The Morgan fingerprint density at radius 2 is 1.69 bits per heavy atom. The van der Waals surface area contributed by atoms with E-state index in [9.17, 15) is 18.4 Å². The highest BCUT2D eigenvalue weighted by atomic mass is 32.2. The lowest BCUT2D eigenvalue weighted by atomic mass is 10.2. The van der Waals surface area contributed by atoms with E-state index in [2.05, 4.69) is 20.8 Å². The molecular formula is C20H16F2N4O2S. The summed E-state index contributed by atoms with van der Waals surface area (Å²) < 4.78 is 26.5. The van der Waals surface area contributed by atoms with E-state index in [1.54, 1.807) is 24.3 Å². The molecule has 0 aliphatic heterocycles. The molecule has 0 unspecified atom stereocenters. The number of hydrogen-bond acceptors (Lipinski definition) is 5. The molecule has 29 heavy (non-hydrogen) atoms. The van der Waals surface area contributed by atoms with Gasteiger partial charge in [-0.15, -0.1) is 10.2 Å². The number of nitrogens with zero attached hydrogens (tertiary/aromatic N) is 2. The summed E-state index contributed by atoms with van der Waals surface area (Å²) in [4.78, 5) is 24.0. The number of hydrogen-bond donors (Lipinski definition) is 2. The van der Waals surface area contributed by atoms with E-state index in [4.69, 9.17) is 0 Å². The second-order valence-corrected chi connectivity index (χ2v) is 6.88. The Bertz CT molecular complexity index is 998. The fourth-order valence-electron chi connectivity index (χ4n) is 2.29. The molecule has 9 heteroatoms. The van der Waals surface area contributed by atoms with Crippen LogP contribution in [0.4, 0.5) is 14.6 Å². The maximum Gasteiger partial charge on any atom is 0.259 e. The average Bonchev–Trinajstić information content (AvgIpc) is 2.73. The van der Waals surface area contributed by atoms with Crippen molar-refractivity contribution in [2.75, 3.05) is 11.1 Å². The molecule has 0 atom stereocenters. The summed E-state index contributed by atoms with van der Waals surface area (Å²) in [6.45, 7) is 0.298. The van der Waals surface area contributed by atoms with Crippen LogP contribution in [0.3, 0.4) is 0 Å². The zero-order valence-corrected chi connectivity index (χ0v) is 15.9. The maximum atomic E-state index is 13.6. The van der Waals surface area contributed by atoms with Gasteiger partial charge in [-0.25, -0.2) is 8.78 Å². The highest BCUT2D eigenvalue weighted by molar-refractivity contribution is 7.99. The van der Waals surface area contributed by atoms with Crippen molar-refractivity contribution < 1.29 is 18.4 Å². The molecule has 1 heterocycles. The van der Waals surface area contributed by atoms with Gasteiger partial charge in [0.05, 0.1) is 11.3 Å². The van der Waals surface area contributed by atoms with Gasteiger partial charge >= 0.3 is 0 Å². The van der Waals surface area contributed by atoms with Gasteiger partial charge in [0.2, 0.25) is 5.91 Å². The lowest BCUT2D eigenvalue weighted by molar-refractivity contribution is -0.118. The van der Waals surface area contributed by atoms with E-state index in [-0.39, 0.29) is 28.9 Å². The summed E-state index contributed by atoms with van der Waals surface area (Å²) in [5.41, 5.74) is 0.699. The van der Waals surface area contributed by atoms with E-state index >= 15 is 0 Å². The molecule has 2 aromatic carbocycles. The Kier molecular flexibility index (Phi) is 6.85. The summed E-state index contributed by atoms with van der Waals surface area (Å²) in [7, 11) is 0. The van der Waals surface area contributed by atoms with Gasteiger partial charge in [0, 0.05) is 6.54 Å². The van der Waals surface area contributed by atoms with Crippen LogP contribution in [0, 0.1) is 11.6 Å². The monoisotopic (exact) mass is 414 g/mol. The van der Waals surface area contributed by atoms with Crippen LogP contribution in [-0.2, 0) is 11.3 Å². The van der Waals surface area contributed by atoms with Crippen molar-refractivity contribution >= 4 is 29.4 Å². The van der Waals surface area contributed by atoms with Crippen molar-refractivity contribution in [3.05, 3.63) is 83.4 Å². The number of carbonyl (C=O) groups excluding carboxylic acids is 2. The molecule has 148 valence electrons. The quantitative estimate of drug-likeness (QED) is 0.579. The third-order valence-corrected chi connectivity index (χ3v) is 4.67. The van der Waals surface area contributed by atoms with Crippen LogP contribution in [0.25, 0.3) is 0 Å². The first-order valence-corrected chi connectivity index (χ1v) is 9.53. The van der Waals surface area contributed by atoms with Gasteiger partial charge in [0.15, 0.2) is 5.82 Å². The minimum atomic E-state index is -0.628. The zero-order chi connectivity index (χ0) is 20.6. The van der Waals surface area contributed by atoms with Gasteiger partial charge in [-0.1, -0.05) is 36.0 Å². The van der Waals surface area contributed by atoms with E-state index in [1.165, 1.54) is 48.2 Å². The molecule has 0 radical (unpaired) electrons. The first kappa shape index (κ1) is 20.4. The number of amides is 2. The largest absolute Gasteiger partial charge is 0.351 e. The summed E-state index contributed by atoms with van der Waals surface area (Å²) in [6.07, 6.45) is 0. The Morgan fingerprint density at radius 3 is 2.38 bits per heavy atom. The molecular weight excluding hydrogens is 398 g/mol. The van der Waals surface area contributed by atoms with Gasteiger partial charge in [-0.2, -0.15) is 0 Å². The molecule has 0 saturated carbocycles. The smallest absolute Gasteiger partial charge is 0.259 e. The molecule has 1 aromatic heterocycles. The van der Waals surface area contributed by atoms with Crippen LogP contribution in [-0.4, -0.2) is 27.8 Å². The minimum absolute atomic E-state index is 0.0921. The van der Waals surface area contributed by atoms with Gasteiger partial charge < -0.3 is 10.6 Å². The number of carbonyl (C=O) groups is 2. The summed E-state index contributed by atoms with van der Waals surface area (Å²) in [5.74, 6) is -1.50. The van der Waals surface area contributed by atoms with Crippen molar-refractivity contribution in [3.63, 3.8) is 0 Å². The lowest BCUT2D eigenvalue weighted by Crippen LogP contribution is -2.24. The molecule has 2 amide bonds. The Morgan fingerprint density at radius 1 is 0.931 bits per heavy atom. The second kappa shape index (κ2) is 9.74. The lowest BCUT2D eigenvalue weighted by Gasteiger charge is -2.06. The summed E-state index contributed by atoms with van der Waals surface area (Å²) in [6, 6.07) is 14.6. The molecule has 3 aromatic rings. The zero-order valence-electron chi connectivity index (χ0n) is 15.1. The second-order valence-electron chi connectivity index (χ2n) is 5.88. The van der Waals surface area contributed by atoms with Gasteiger partial charge in [-0.3, -0.25) is 9.59 Å². The van der Waals surface area contributed by atoms with Crippen molar-refractivity contribution in [2.24, 2.45) is 0 Å². The third-order valence-electron chi connectivity index (χ3n) is 3.75. The normalized spacial score (nSPS) is 10.4. The molecule has 0 aliphatic carbocycles. The van der Waals surface area contributed by atoms with Crippen LogP contribution >= 0.6 is 11.8 Å². The van der Waals surface area contributed by atoms with Crippen molar-refractivity contribution in [1.29, 1.82) is 0 Å². The van der Waals surface area contributed by atoms with Crippen molar-refractivity contribution in [3.8, 4) is 0 Å². The number of nitrogens with one attached hydrogen (secondary N) is 2. The van der Waals surface area contributed by atoms with Crippen molar-refractivity contribution in [1.82, 2.24) is 15.5 Å². The fraction of sp³-hybridized carbons (Fsp3) is 0.100. The van der Waals surface area contributed by atoms with Crippen LogP contribution in [0.5, 0.6) is 0 Å². The molecule has 6 nitrogen and oxygen atoms in total. The number of thioether (sulfide) groups is 1. The van der Waals surface area contributed by atoms with Gasteiger partial charge in [0.1, 0.15) is 16.7 Å². The molecule has 0 saturated heterocycles. The standard InChI is InChI=1S/C20H16F2N4O2S/c21-14-7-5-13(6-8-14)11-23-18(27)12-29-19-10-9-17(25-26-19)24-20(28)15-3-1-2-4-16(15)22/h1-10H,11-12H2,(H,23,27)(H,24,25,28). The van der Waals surface area contributed by atoms with Gasteiger partial charge in [-0.05, 0) is 42.0 Å². The predicted molar refractivity (Wildman–Crippen MR) is 105 cm³/mol. The molecule has 0 aliphatic rings. The average molecular weight is 414 g/mol. The summed E-state index contributed by atoms with van der Waals surface area (Å²) in [5, 5.41) is 13.5. The van der Waals surface area contributed by atoms with E-state index in [0.717, 1.165) is 5.56 Å². The van der Waals surface area contributed by atoms with E-state index < -0.39 is 11.7 Å². The van der Waals surface area contributed by atoms with E-state index in [0.29, 0.717) is 11.6 Å². The Hall–Kier alpha value is -3.33.